The summed E-state index contributed by atoms with van der Waals surface area (Å²) in [5, 5.41) is 0. The fourth-order valence-electron chi connectivity index (χ4n) is 2.40. The Bertz CT molecular complexity index is 920. The molecule has 124 valence electrons. The Hall–Kier alpha value is -3.19. The van der Waals surface area contributed by atoms with E-state index >= 15 is 0 Å². The highest BCUT2D eigenvalue weighted by Crippen LogP contribution is 2.16. The number of halogens is 1. The van der Waals surface area contributed by atoms with E-state index in [1.165, 1.54) is 6.07 Å². The minimum absolute atomic E-state index is 0.327. The van der Waals surface area contributed by atoms with E-state index in [4.69, 9.17) is 5.73 Å². The second kappa shape index (κ2) is 7.59. The normalized spacial score (nSPS) is 10.2. The monoisotopic (exact) mass is 331 g/mol. The average molecular weight is 331 g/mol. The third kappa shape index (κ3) is 4.21. The highest BCUT2D eigenvalue weighted by molar-refractivity contribution is 5.57. The number of nitrogen functional groups attached to an aromatic ring is 1. The van der Waals surface area contributed by atoms with Crippen LogP contribution in [0, 0.1) is 17.7 Å². The summed E-state index contributed by atoms with van der Waals surface area (Å²) in [6.45, 7) is 2.13. The van der Waals surface area contributed by atoms with Gasteiger partial charge in [-0.3, -0.25) is 0 Å². The zero-order chi connectivity index (χ0) is 17.6. The molecule has 3 nitrogen and oxygen atoms in total. The number of benzene rings is 2. The van der Waals surface area contributed by atoms with Crippen LogP contribution >= 0.6 is 0 Å². The largest absolute Gasteiger partial charge is 0.399 e. The zero-order valence-corrected chi connectivity index (χ0v) is 14.0. The number of hydrogen-bond acceptors (Lipinski definition) is 3. The van der Waals surface area contributed by atoms with Gasteiger partial charge < -0.3 is 5.73 Å². The lowest BCUT2D eigenvalue weighted by Gasteiger charge is -2.02. The van der Waals surface area contributed by atoms with Gasteiger partial charge in [0, 0.05) is 29.2 Å². The molecule has 0 fully saturated rings. The first-order valence-corrected chi connectivity index (χ1v) is 8.14. The van der Waals surface area contributed by atoms with Crippen LogP contribution in [0.15, 0.2) is 54.9 Å². The Kier molecular flexibility index (Phi) is 5.06. The molecule has 0 aliphatic rings. The van der Waals surface area contributed by atoms with Gasteiger partial charge in [0.2, 0.25) is 0 Å². The molecule has 0 spiro atoms. The standard InChI is InChI=1S/C21H18FN3/c1-2-3-16-13-24-21(25-14-16)18-8-5-15(6-9-18)4-7-17-10-11-19(23)12-20(17)22/h5-6,8-14H,2-3,23H2,1H3. The van der Waals surface area contributed by atoms with Gasteiger partial charge in [-0.2, -0.15) is 0 Å². The lowest BCUT2D eigenvalue weighted by atomic mass is 10.1. The van der Waals surface area contributed by atoms with Crippen molar-refractivity contribution in [3.05, 3.63) is 77.4 Å². The van der Waals surface area contributed by atoms with E-state index in [0.717, 1.165) is 29.5 Å². The SMILES string of the molecule is CCCc1cnc(-c2ccc(C#Cc3ccc(N)cc3F)cc2)nc1. The fraction of sp³-hybridized carbons (Fsp3) is 0.143. The second-order valence-electron chi connectivity index (χ2n) is 5.73. The van der Waals surface area contributed by atoms with Crippen molar-refractivity contribution < 1.29 is 4.39 Å². The van der Waals surface area contributed by atoms with Crippen LogP contribution in [-0.2, 0) is 6.42 Å². The Balaban J connectivity index is 1.77. The number of nitrogens with zero attached hydrogens (tertiary/aromatic N) is 2. The maximum Gasteiger partial charge on any atom is 0.159 e. The molecule has 25 heavy (non-hydrogen) atoms. The quantitative estimate of drug-likeness (QED) is 0.577. The van der Waals surface area contributed by atoms with Gasteiger partial charge in [0.15, 0.2) is 5.82 Å². The first-order chi connectivity index (χ1) is 12.2. The minimum atomic E-state index is -0.412. The van der Waals surface area contributed by atoms with Crippen molar-refractivity contribution in [1.82, 2.24) is 9.97 Å². The van der Waals surface area contributed by atoms with Gasteiger partial charge in [0.05, 0.1) is 5.56 Å². The Morgan fingerprint density at radius 2 is 1.72 bits per heavy atom. The topological polar surface area (TPSA) is 51.8 Å². The second-order valence-corrected chi connectivity index (χ2v) is 5.73. The van der Waals surface area contributed by atoms with Crippen LogP contribution < -0.4 is 5.73 Å². The maximum atomic E-state index is 13.7. The summed E-state index contributed by atoms with van der Waals surface area (Å²) < 4.78 is 13.7. The van der Waals surface area contributed by atoms with Gasteiger partial charge in [0.1, 0.15) is 5.82 Å². The van der Waals surface area contributed by atoms with Crippen molar-refractivity contribution in [2.75, 3.05) is 5.73 Å². The van der Waals surface area contributed by atoms with E-state index in [1.54, 1.807) is 12.1 Å². The highest BCUT2D eigenvalue weighted by Gasteiger charge is 2.02. The number of aromatic nitrogens is 2. The molecule has 0 aliphatic heterocycles. The third-order valence-electron chi connectivity index (χ3n) is 3.72. The van der Waals surface area contributed by atoms with Crippen molar-refractivity contribution in [3.63, 3.8) is 0 Å². The third-order valence-corrected chi connectivity index (χ3v) is 3.72. The lowest BCUT2D eigenvalue weighted by Crippen LogP contribution is -1.92. The van der Waals surface area contributed by atoms with E-state index in [1.807, 2.05) is 36.7 Å². The molecule has 2 aromatic carbocycles. The first kappa shape index (κ1) is 16.7. The molecular formula is C21H18FN3. The molecule has 0 amide bonds. The van der Waals surface area contributed by atoms with Gasteiger partial charge in [0.25, 0.3) is 0 Å². The van der Waals surface area contributed by atoms with E-state index in [2.05, 4.69) is 28.7 Å². The van der Waals surface area contributed by atoms with Crippen LogP contribution in [0.25, 0.3) is 11.4 Å². The summed E-state index contributed by atoms with van der Waals surface area (Å²) in [7, 11) is 0. The van der Waals surface area contributed by atoms with E-state index in [9.17, 15) is 4.39 Å². The Labute approximate surface area is 146 Å². The average Bonchev–Trinajstić information content (AvgIpc) is 2.62. The fourth-order valence-corrected chi connectivity index (χ4v) is 2.40. The molecule has 2 N–H and O–H groups in total. The Morgan fingerprint density at radius 3 is 2.36 bits per heavy atom. The first-order valence-electron chi connectivity index (χ1n) is 8.14. The van der Waals surface area contributed by atoms with Crippen LogP contribution in [0.2, 0.25) is 0 Å². The summed E-state index contributed by atoms with van der Waals surface area (Å²) in [6, 6.07) is 12.1. The van der Waals surface area contributed by atoms with Gasteiger partial charge in [-0.1, -0.05) is 25.2 Å². The number of anilines is 1. The molecular weight excluding hydrogens is 313 g/mol. The number of hydrogen-bond donors (Lipinski definition) is 1. The van der Waals surface area contributed by atoms with Crippen molar-refractivity contribution in [2.24, 2.45) is 0 Å². The molecule has 4 heteroatoms. The number of aryl methyl sites for hydroxylation is 1. The molecule has 0 atom stereocenters. The summed E-state index contributed by atoms with van der Waals surface area (Å²) in [5.41, 5.74) is 9.10. The van der Waals surface area contributed by atoms with Crippen LogP contribution in [0.5, 0.6) is 0 Å². The van der Waals surface area contributed by atoms with Crippen molar-refractivity contribution in [1.29, 1.82) is 0 Å². The summed E-state index contributed by atoms with van der Waals surface area (Å²) >= 11 is 0. The van der Waals surface area contributed by atoms with Crippen LogP contribution in [0.3, 0.4) is 0 Å². The molecule has 1 aromatic heterocycles. The van der Waals surface area contributed by atoms with Crippen LogP contribution in [0.4, 0.5) is 10.1 Å². The Morgan fingerprint density at radius 1 is 1.00 bits per heavy atom. The summed E-state index contributed by atoms with van der Waals surface area (Å²) in [6.07, 6.45) is 5.79. The molecule has 0 radical (unpaired) electrons. The molecule has 0 aliphatic carbocycles. The predicted molar refractivity (Wildman–Crippen MR) is 98.3 cm³/mol. The summed E-state index contributed by atoms with van der Waals surface area (Å²) in [5.74, 6) is 6.05. The molecule has 0 bridgehead atoms. The van der Waals surface area contributed by atoms with Crippen LogP contribution in [0.1, 0.15) is 30.0 Å². The highest BCUT2D eigenvalue weighted by atomic mass is 19.1. The lowest BCUT2D eigenvalue weighted by molar-refractivity contribution is 0.625. The molecule has 3 rings (SSSR count). The van der Waals surface area contributed by atoms with E-state index < -0.39 is 5.82 Å². The van der Waals surface area contributed by atoms with Gasteiger partial charge in [-0.15, -0.1) is 0 Å². The molecule has 3 aromatic rings. The van der Waals surface area contributed by atoms with Gasteiger partial charge in [-0.25, -0.2) is 14.4 Å². The van der Waals surface area contributed by atoms with Crippen molar-refractivity contribution >= 4 is 5.69 Å². The van der Waals surface area contributed by atoms with E-state index in [0.29, 0.717) is 17.1 Å². The van der Waals surface area contributed by atoms with Gasteiger partial charge >= 0.3 is 0 Å². The number of nitrogens with two attached hydrogens (primary N) is 1. The molecule has 0 saturated carbocycles. The smallest absolute Gasteiger partial charge is 0.159 e. The maximum absolute atomic E-state index is 13.7. The molecule has 1 heterocycles. The van der Waals surface area contributed by atoms with Crippen LogP contribution in [-0.4, -0.2) is 9.97 Å². The zero-order valence-electron chi connectivity index (χ0n) is 14.0. The minimum Gasteiger partial charge on any atom is -0.399 e. The number of rotatable bonds is 3. The predicted octanol–water partition coefficient (Wildman–Crippen LogP) is 4.22. The summed E-state index contributed by atoms with van der Waals surface area (Å²) in [4.78, 5) is 8.80. The van der Waals surface area contributed by atoms with Crippen molar-refractivity contribution in [2.45, 2.75) is 19.8 Å². The van der Waals surface area contributed by atoms with Crippen molar-refractivity contribution in [3.8, 4) is 23.2 Å². The van der Waals surface area contributed by atoms with E-state index in [-0.39, 0.29) is 0 Å². The van der Waals surface area contributed by atoms with Gasteiger partial charge in [-0.05, 0) is 54.4 Å². The molecule has 0 saturated heterocycles. The molecule has 0 unspecified atom stereocenters.